The molecule has 0 saturated carbocycles. The van der Waals surface area contributed by atoms with Gasteiger partial charge in [-0.15, -0.1) is 0 Å². The summed E-state index contributed by atoms with van der Waals surface area (Å²) in [5.74, 6) is -1.19. The Morgan fingerprint density at radius 3 is 1.32 bits per heavy atom. The Hall–Kier alpha value is -2.64. The van der Waals surface area contributed by atoms with Gasteiger partial charge < -0.3 is 45.1 Å². The van der Waals surface area contributed by atoms with Crippen molar-refractivity contribution < 1.29 is 49.3 Å². The van der Waals surface area contributed by atoms with E-state index < -0.39 is 67.4 Å². The number of ether oxygens (including phenoxy) is 3. The molecule has 11 nitrogen and oxygen atoms in total. The molecule has 0 aromatic carbocycles. The van der Waals surface area contributed by atoms with Gasteiger partial charge in [-0.1, -0.05) is 274 Å². The summed E-state index contributed by atoms with van der Waals surface area (Å²) in [7, 11) is 0. The molecule has 0 spiro atoms. The summed E-state index contributed by atoms with van der Waals surface area (Å²) in [4.78, 5) is 26.6. The van der Waals surface area contributed by atoms with Gasteiger partial charge in [-0.05, 0) is 89.9 Å². The Morgan fingerprint density at radius 1 is 0.481 bits per heavy atom. The minimum Gasteiger partial charge on any atom is -0.454 e. The van der Waals surface area contributed by atoms with Gasteiger partial charge in [-0.3, -0.25) is 9.59 Å². The molecule has 1 saturated heterocycles. The molecule has 0 bridgehead atoms. The smallest absolute Gasteiger partial charge is 0.306 e. The van der Waals surface area contributed by atoms with E-state index in [-0.39, 0.29) is 19.4 Å². The number of carbonyl (C=O) groups is 2. The average molecular weight is 1140 g/mol. The second-order valence-electron chi connectivity index (χ2n) is 23.6. The molecular weight excluding hydrogens is 1010 g/mol. The van der Waals surface area contributed by atoms with Crippen molar-refractivity contribution in [2.45, 2.75) is 359 Å². The number of carbonyl (C=O) groups excluding carboxylic acids is 2. The molecule has 81 heavy (non-hydrogen) atoms. The number of nitrogens with one attached hydrogen (secondary N) is 1. The lowest BCUT2D eigenvalue weighted by Crippen LogP contribution is -2.61. The standard InChI is InChI=1S/C70H127NO10/c1-4-7-10-13-16-19-22-25-27-28-29-30-31-32-33-34-35-36-37-40-43-46-49-52-55-58-65(75)81-68-67(77)66(76)64(59-72)80-70(68)79-60-61(62(73)56-53-50-47-44-41-38-24-21-18-15-12-9-6-3)71-69(78)63(74)57-54-51-48-45-42-39-26-23-20-17-14-11-8-5-2/h16,19-20,23,25,27,29-30,53,56,61-64,66-68,70,72-74,76-77H,4-15,17-18,21-22,24,26,28,31-52,54-55,57-60H2,1-3H3,(H,71,78)/b19-16-,23-20-,27-25-,30-29-,56-53+. The third-order valence-electron chi connectivity index (χ3n) is 15.9. The van der Waals surface area contributed by atoms with E-state index in [0.717, 1.165) is 83.5 Å². The van der Waals surface area contributed by atoms with E-state index in [1.165, 1.54) is 180 Å². The van der Waals surface area contributed by atoms with Crippen molar-refractivity contribution in [1.82, 2.24) is 5.32 Å². The molecule has 0 aromatic rings. The molecule has 0 aromatic heterocycles. The van der Waals surface area contributed by atoms with Crippen molar-refractivity contribution in [3.8, 4) is 0 Å². The van der Waals surface area contributed by atoms with Crippen LogP contribution in [0.5, 0.6) is 0 Å². The second kappa shape index (κ2) is 57.8. The average Bonchev–Trinajstić information content (AvgIpc) is 3.47. The van der Waals surface area contributed by atoms with E-state index >= 15 is 0 Å². The zero-order valence-electron chi connectivity index (χ0n) is 52.4. The number of hydrogen-bond donors (Lipinski definition) is 6. The molecule has 1 amide bonds. The normalized spacial score (nSPS) is 19.0. The first kappa shape index (κ1) is 76.4. The Balaban J connectivity index is 2.59. The maximum Gasteiger partial charge on any atom is 0.306 e. The van der Waals surface area contributed by atoms with Crippen LogP contribution in [0.2, 0.25) is 0 Å². The van der Waals surface area contributed by atoms with Crippen LogP contribution in [-0.4, -0.2) is 99.6 Å². The highest BCUT2D eigenvalue weighted by Gasteiger charge is 2.47. The van der Waals surface area contributed by atoms with Gasteiger partial charge in [0.25, 0.3) is 0 Å². The fourth-order valence-electron chi connectivity index (χ4n) is 10.5. The van der Waals surface area contributed by atoms with Crippen molar-refractivity contribution >= 4 is 11.9 Å². The molecule has 1 heterocycles. The summed E-state index contributed by atoms with van der Waals surface area (Å²) in [6.07, 6.45) is 62.5. The van der Waals surface area contributed by atoms with Gasteiger partial charge >= 0.3 is 5.97 Å². The molecule has 6 N–H and O–H groups in total. The number of aliphatic hydroxyl groups excluding tert-OH is 5. The van der Waals surface area contributed by atoms with E-state index in [9.17, 15) is 35.1 Å². The highest BCUT2D eigenvalue weighted by molar-refractivity contribution is 5.80. The van der Waals surface area contributed by atoms with Crippen LogP contribution in [0.3, 0.4) is 0 Å². The van der Waals surface area contributed by atoms with Gasteiger partial charge in [-0.2, -0.15) is 0 Å². The number of esters is 1. The number of hydrogen-bond acceptors (Lipinski definition) is 10. The van der Waals surface area contributed by atoms with Crippen molar-refractivity contribution in [1.29, 1.82) is 0 Å². The van der Waals surface area contributed by atoms with Gasteiger partial charge in [0.2, 0.25) is 5.91 Å². The molecule has 472 valence electrons. The molecule has 1 fully saturated rings. The number of aliphatic hydroxyl groups is 5. The van der Waals surface area contributed by atoms with Crippen LogP contribution >= 0.6 is 0 Å². The lowest BCUT2D eigenvalue weighted by atomic mass is 9.99. The summed E-state index contributed by atoms with van der Waals surface area (Å²) in [6, 6.07) is -1.03. The zero-order chi connectivity index (χ0) is 58.9. The van der Waals surface area contributed by atoms with Gasteiger partial charge in [0, 0.05) is 6.42 Å². The van der Waals surface area contributed by atoms with Crippen LogP contribution in [0, 0.1) is 0 Å². The fraction of sp³-hybridized carbons (Fsp3) is 0.829. The fourth-order valence-corrected chi connectivity index (χ4v) is 10.5. The van der Waals surface area contributed by atoms with Crippen molar-refractivity contribution in [2.24, 2.45) is 0 Å². The topological polar surface area (TPSA) is 175 Å². The minimum absolute atomic E-state index is 0.121. The SMILES string of the molecule is CCCCC/C=C\C/C=C\C/C=C\CCCCCCCCCCCCCCC(=O)OC1C(OCC(NC(=O)C(O)CCCCCCCC/C=C\CCCCCC)C(O)/C=C/CCCCCCCCCCCCC)OC(CO)C(O)C1O. The highest BCUT2D eigenvalue weighted by Crippen LogP contribution is 2.26. The van der Waals surface area contributed by atoms with Gasteiger partial charge in [0.15, 0.2) is 12.4 Å². The van der Waals surface area contributed by atoms with Crippen LogP contribution in [0.4, 0.5) is 0 Å². The number of rotatable bonds is 58. The summed E-state index contributed by atoms with van der Waals surface area (Å²) in [6.45, 7) is 5.77. The van der Waals surface area contributed by atoms with Crippen molar-refractivity contribution in [2.75, 3.05) is 13.2 Å². The van der Waals surface area contributed by atoms with Crippen LogP contribution in [0.25, 0.3) is 0 Å². The first-order valence-electron chi connectivity index (χ1n) is 34.1. The van der Waals surface area contributed by atoms with Gasteiger partial charge in [-0.25, -0.2) is 0 Å². The molecule has 1 aliphatic heterocycles. The Labute approximate surface area is 497 Å². The first-order valence-corrected chi connectivity index (χ1v) is 34.1. The van der Waals surface area contributed by atoms with E-state index in [4.69, 9.17) is 14.2 Å². The predicted molar refractivity (Wildman–Crippen MR) is 338 cm³/mol. The predicted octanol–water partition coefficient (Wildman–Crippen LogP) is 17.0. The summed E-state index contributed by atoms with van der Waals surface area (Å²) < 4.78 is 17.7. The lowest BCUT2D eigenvalue weighted by molar-refractivity contribution is -0.305. The first-order chi connectivity index (χ1) is 39.7. The van der Waals surface area contributed by atoms with Crippen molar-refractivity contribution in [3.63, 3.8) is 0 Å². The molecule has 1 aliphatic rings. The summed E-state index contributed by atoms with van der Waals surface area (Å²) in [5, 5.41) is 57.1. The molecule has 8 atom stereocenters. The Morgan fingerprint density at radius 2 is 0.852 bits per heavy atom. The second-order valence-corrected chi connectivity index (χ2v) is 23.6. The largest absolute Gasteiger partial charge is 0.454 e. The maximum atomic E-state index is 13.4. The molecular formula is C70H127NO10. The Bertz CT molecular complexity index is 1550. The monoisotopic (exact) mass is 1140 g/mol. The third-order valence-corrected chi connectivity index (χ3v) is 15.9. The van der Waals surface area contributed by atoms with Gasteiger partial charge in [0.1, 0.15) is 24.4 Å². The number of allylic oxidation sites excluding steroid dienone is 9. The van der Waals surface area contributed by atoms with E-state index in [1.54, 1.807) is 6.08 Å². The highest BCUT2D eigenvalue weighted by atomic mass is 16.7. The van der Waals surface area contributed by atoms with E-state index in [2.05, 4.69) is 74.7 Å². The molecule has 0 aliphatic carbocycles. The summed E-state index contributed by atoms with van der Waals surface area (Å²) >= 11 is 0. The summed E-state index contributed by atoms with van der Waals surface area (Å²) in [5.41, 5.74) is 0. The van der Waals surface area contributed by atoms with E-state index in [0.29, 0.717) is 12.8 Å². The molecule has 8 unspecified atom stereocenters. The Kier molecular flexibility index (Phi) is 54.5. The van der Waals surface area contributed by atoms with Crippen LogP contribution in [0.1, 0.15) is 310 Å². The van der Waals surface area contributed by atoms with Crippen LogP contribution < -0.4 is 5.32 Å². The minimum atomic E-state index is -1.62. The van der Waals surface area contributed by atoms with E-state index in [1.807, 2.05) is 6.08 Å². The molecule has 1 rings (SSSR count). The lowest BCUT2D eigenvalue weighted by Gasteiger charge is -2.41. The van der Waals surface area contributed by atoms with Crippen LogP contribution in [-0.2, 0) is 23.8 Å². The number of unbranched alkanes of at least 4 members (excludes halogenated alkanes) is 36. The number of amides is 1. The quantitative estimate of drug-likeness (QED) is 0.0195. The third kappa shape index (κ3) is 45.4. The zero-order valence-corrected chi connectivity index (χ0v) is 52.4. The van der Waals surface area contributed by atoms with Crippen molar-refractivity contribution in [3.05, 3.63) is 60.8 Å². The maximum absolute atomic E-state index is 13.4. The molecule has 11 heteroatoms. The molecule has 0 radical (unpaired) electrons. The van der Waals surface area contributed by atoms with Crippen LogP contribution in [0.15, 0.2) is 60.8 Å². The van der Waals surface area contributed by atoms with Gasteiger partial charge in [0.05, 0.1) is 25.4 Å².